The molecule has 2 aliphatic rings. The fourth-order valence-corrected chi connectivity index (χ4v) is 5.86. The van der Waals surface area contributed by atoms with E-state index in [2.05, 4.69) is 36.0 Å². The van der Waals surface area contributed by atoms with Gasteiger partial charge in [0.05, 0.1) is 5.56 Å². The minimum absolute atomic E-state index is 0.113. The molecule has 2 aromatic heterocycles. The summed E-state index contributed by atoms with van der Waals surface area (Å²) >= 11 is 1.56. The van der Waals surface area contributed by atoms with Crippen LogP contribution in [0.3, 0.4) is 0 Å². The molecule has 0 saturated carbocycles. The molecule has 0 spiro atoms. The van der Waals surface area contributed by atoms with E-state index < -0.39 is 0 Å². The van der Waals surface area contributed by atoms with Gasteiger partial charge in [-0.25, -0.2) is 0 Å². The molecule has 2 fully saturated rings. The van der Waals surface area contributed by atoms with E-state index in [1.807, 2.05) is 38.8 Å². The zero-order valence-corrected chi connectivity index (χ0v) is 20.2. The van der Waals surface area contributed by atoms with E-state index in [-0.39, 0.29) is 11.8 Å². The number of piperidine rings is 1. The summed E-state index contributed by atoms with van der Waals surface area (Å²) in [5.41, 5.74) is 3.78. The number of aromatic nitrogens is 1. The smallest absolute Gasteiger partial charge is 0.254 e. The van der Waals surface area contributed by atoms with Gasteiger partial charge in [0, 0.05) is 79.3 Å². The van der Waals surface area contributed by atoms with Crippen molar-refractivity contribution in [2.45, 2.75) is 38.6 Å². The Morgan fingerprint density at radius 2 is 1.79 bits per heavy atom. The first-order chi connectivity index (χ1) is 16.0. The third-order valence-corrected chi connectivity index (χ3v) is 7.89. The van der Waals surface area contributed by atoms with E-state index in [0.717, 1.165) is 74.1 Å². The van der Waals surface area contributed by atoms with Crippen LogP contribution in [0.5, 0.6) is 0 Å². The van der Waals surface area contributed by atoms with Crippen molar-refractivity contribution in [3.63, 3.8) is 0 Å². The number of carbonyl (C=O) groups is 2. The standard InChI is InChI=1S/C26H32N4O2S/c1-18(2)28-9-11-29(12-10-28)25(31)19-5-6-22-23(15-27-24(22)14-19)20-4-3-8-30(16-20)26(32)21-7-13-33-17-21/h5-7,13-15,17-18,20,27H,3-4,8-12,16H2,1-2H3. The minimum Gasteiger partial charge on any atom is -0.361 e. The van der Waals surface area contributed by atoms with Crippen molar-refractivity contribution in [1.82, 2.24) is 19.7 Å². The fraction of sp³-hybridized carbons (Fsp3) is 0.462. The van der Waals surface area contributed by atoms with Gasteiger partial charge in [-0.2, -0.15) is 11.3 Å². The molecule has 1 aromatic carbocycles. The maximum Gasteiger partial charge on any atom is 0.254 e. The molecule has 3 aromatic rings. The number of fused-ring (bicyclic) bond motifs is 1. The fourth-order valence-electron chi connectivity index (χ4n) is 5.23. The lowest BCUT2D eigenvalue weighted by Crippen LogP contribution is -2.50. The molecule has 0 radical (unpaired) electrons. The third kappa shape index (κ3) is 4.44. The Bertz CT molecular complexity index is 1130. The summed E-state index contributed by atoms with van der Waals surface area (Å²) in [7, 11) is 0. The summed E-state index contributed by atoms with van der Waals surface area (Å²) < 4.78 is 0. The lowest BCUT2D eigenvalue weighted by Gasteiger charge is -2.37. The first kappa shape index (κ1) is 22.2. The van der Waals surface area contributed by atoms with Gasteiger partial charge < -0.3 is 14.8 Å². The lowest BCUT2D eigenvalue weighted by molar-refractivity contribution is 0.0595. The molecule has 1 atom stereocenters. The van der Waals surface area contributed by atoms with Crippen LogP contribution in [-0.2, 0) is 0 Å². The van der Waals surface area contributed by atoms with Gasteiger partial charge in [-0.1, -0.05) is 6.07 Å². The highest BCUT2D eigenvalue weighted by molar-refractivity contribution is 7.08. The molecule has 33 heavy (non-hydrogen) atoms. The zero-order chi connectivity index (χ0) is 22.9. The number of carbonyl (C=O) groups excluding carboxylic acids is 2. The second-order valence-electron chi connectivity index (χ2n) is 9.53. The molecule has 0 aliphatic carbocycles. The van der Waals surface area contributed by atoms with Gasteiger partial charge in [0.25, 0.3) is 11.8 Å². The van der Waals surface area contributed by atoms with Crippen LogP contribution >= 0.6 is 11.3 Å². The average Bonchev–Trinajstić information content (AvgIpc) is 3.53. The number of hydrogen-bond donors (Lipinski definition) is 1. The summed E-state index contributed by atoms with van der Waals surface area (Å²) in [5, 5.41) is 5.04. The molecule has 7 heteroatoms. The van der Waals surface area contributed by atoms with E-state index >= 15 is 0 Å². The van der Waals surface area contributed by atoms with Gasteiger partial charge in [0.1, 0.15) is 0 Å². The second-order valence-corrected chi connectivity index (χ2v) is 10.3. The highest BCUT2D eigenvalue weighted by atomic mass is 32.1. The average molecular weight is 465 g/mol. The van der Waals surface area contributed by atoms with Crippen LogP contribution in [0.1, 0.15) is 58.9 Å². The van der Waals surface area contributed by atoms with Crippen LogP contribution in [0, 0.1) is 0 Å². The highest BCUT2D eigenvalue weighted by Gasteiger charge is 2.28. The van der Waals surface area contributed by atoms with E-state index in [1.165, 1.54) is 5.56 Å². The van der Waals surface area contributed by atoms with Crippen molar-refractivity contribution >= 4 is 34.1 Å². The summed E-state index contributed by atoms with van der Waals surface area (Å²) in [4.78, 5) is 35.7. The van der Waals surface area contributed by atoms with E-state index in [4.69, 9.17) is 0 Å². The number of hydrogen-bond acceptors (Lipinski definition) is 4. The van der Waals surface area contributed by atoms with Crippen LogP contribution in [-0.4, -0.2) is 76.8 Å². The van der Waals surface area contributed by atoms with E-state index in [1.54, 1.807) is 11.3 Å². The maximum atomic E-state index is 13.1. The van der Waals surface area contributed by atoms with Crippen LogP contribution in [0.15, 0.2) is 41.2 Å². The van der Waals surface area contributed by atoms with Gasteiger partial charge in [0.2, 0.25) is 0 Å². The molecule has 1 unspecified atom stereocenters. The lowest BCUT2D eigenvalue weighted by atomic mass is 9.90. The third-order valence-electron chi connectivity index (χ3n) is 7.21. The summed E-state index contributed by atoms with van der Waals surface area (Å²) in [5.74, 6) is 0.550. The number of aromatic amines is 1. The number of benzene rings is 1. The monoisotopic (exact) mass is 464 g/mol. The molecule has 0 bridgehead atoms. The summed E-state index contributed by atoms with van der Waals surface area (Å²) in [6.45, 7) is 9.39. The van der Waals surface area contributed by atoms with Crippen molar-refractivity contribution in [2.75, 3.05) is 39.3 Å². The van der Waals surface area contributed by atoms with Gasteiger partial charge in [0.15, 0.2) is 0 Å². The molecule has 174 valence electrons. The Hall–Kier alpha value is -2.64. The number of H-pyrrole nitrogens is 1. The maximum absolute atomic E-state index is 13.1. The Morgan fingerprint density at radius 1 is 1.00 bits per heavy atom. The van der Waals surface area contributed by atoms with Crippen LogP contribution in [0.25, 0.3) is 10.9 Å². The number of rotatable bonds is 4. The van der Waals surface area contributed by atoms with E-state index in [0.29, 0.717) is 12.0 Å². The van der Waals surface area contributed by atoms with Crippen molar-refractivity contribution in [3.05, 3.63) is 57.9 Å². The molecule has 4 heterocycles. The van der Waals surface area contributed by atoms with Gasteiger partial charge >= 0.3 is 0 Å². The topological polar surface area (TPSA) is 59.6 Å². The highest BCUT2D eigenvalue weighted by Crippen LogP contribution is 2.33. The molecular weight excluding hydrogens is 432 g/mol. The number of thiophene rings is 1. The molecule has 2 aliphatic heterocycles. The Balaban J connectivity index is 1.30. The molecule has 1 N–H and O–H groups in total. The van der Waals surface area contributed by atoms with Crippen molar-refractivity contribution in [2.24, 2.45) is 0 Å². The first-order valence-corrected chi connectivity index (χ1v) is 12.9. The Labute approximate surface area is 199 Å². The number of nitrogens with one attached hydrogen (secondary N) is 1. The van der Waals surface area contributed by atoms with E-state index in [9.17, 15) is 9.59 Å². The number of amides is 2. The predicted molar refractivity (Wildman–Crippen MR) is 133 cm³/mol. The summed E-state index contributed by atoms with van der Waals surface area (Å²) in [6.07, 6.45) is 4.15. The van der Waals surface area contributed by atoms with Crippen molar-refractivity contribution in [3.8, 4) is 0 Å². The van der Waals surface area contributed by atoms with Crippen LogP contribution in [0.2, 0.25) is 0 Å². The van der Waals surface area contributed by atoms with Crippen LogP contribution < -0.4 is 0 Å². The largest absolute Gasteiger partial charge is 0.361 e. The number of piperazine rings is 1. The van der Waals surface area contributed by atoms with Gasteiger partial charge in [-0.15, -0.1) is 0 Å². The summed E-state index contributed by atoms with van der Waals surface area (Å²) in [6, 6.07) is 8.47. The van der Waals surface area contributed by atoms with Gasteiger partial charge in [-0.05, 0) is 55.8 Å². The second kappa shape index (κ2) is 9.31. The van der Waals surface area contributed by atoms with Crippen molar-refractivity contribution < 1.29 is 9.59 Å². The Morgan fingerprint density at radius 3 is 2.52 bits per heavy atom. The predicted octanol–water partition coefficient (Wildman–Crippen LogP) is 4.42. The number of nitrogens with zero attached hydrogens (tertiary/aromatic N) is 3. The first-order valence-electron chi connectivity index (χ1n) is 12.0. The zero-order valence-electron chi connectivity index (χ0n) is 19.4. The minimum atomic E-state index is 0.113. The molecule has 5 rings (SSSR count). The van der Waals surface area contributed by atoms with Crippen LogP contribution in [0.4, 0.5) is 0 Å². The van der Waals surface area contributed by atoms with Gasteiger partial charge in [-0.3, -0.25) is 14.5 Å². The Kier molecular flexibility index (Phi) is 6.25. The van der Waals surface area contributed by atoms with Crippen molar-refractivity contribution in [1.29, 1.82) is 0 Å². The number of likely N-dealkylation sites (tertiary alicyclic amines) is 1. The quantitative estimate of drug-likeness (QED) is 0.622. The molecule has 6 nitrogen and oxygen atoms in total. The molecular formula is C26H32N4O2S. The molecule has 2 amide bonds. The normalized spacial score (nSPS) is 20.0. The molecule has 2 saturated heterocycles. The SMILES string of the molecule is CC(C)N1CCN(C(=O)c2ccc3c(C4CCCN(C(=O)c5ccsc5)C4)c[nH]c3c2)CC1.